The molecule has 0 radical (unpaired) electrons. The van der Waals surface area contributed by atoms with E-state index in [2.05, 4.69) is 27.0 Å². The van der Waals surface area contributed by atoms with Crippen LogP contribution in [0.15, 0.2) is 36.4 Å². The maximum Gasteiger partial charge on any atom is 0.144 e. The number of aliphatic hydroxyl groups is 1. The smallest absolute Gasteiger partial charge is 0.144 e. The SMILES string of the molecule is Cc1cc(Cl)nc(CN(CCO)Cc2ccccc2)n1. The molecule has 0 amide bonds. The number of aryl methyl sites for hydroxylation is 1. The van der Waals surface area contributed by atoms with Crippen LogP contribution in [0.1, 0.15) is 17.1 Å². The molecule has 4 nitrogen and oxygen atoms in total. The molecule has 5 heteroatoms. The molecule has 2 aromatic rings. The lowest BCUT2D eigenvalue weighted by Gasteiger charge is -2.20. The first-order chi connectivity index (χ1) is 9.67. The van der Waals surface area contributed by atoms with Crippen LogP contribution in [-0.4, -0.2) is 33.1 Å². The summed E-state index contributed by atoms with van der Waals surface area (Å²) in [5.41, 5.74) is 2.04. The van der Waals surface area contributed by atoms with Gasteiger partial charge in [0.2, 0.25) is 0 Å². The van der Waals surface area contributed by atoms with Crippen LogP contribution >= 0.6 is 11.6 Å². The van der Waals surface area contributed by atoms with Gasteiger partial charge in [0.25, 0.3) is 0 Å². The van der Waals surface area contributed by atoms with Crippen LogP contribution in [0, 0.1) is 6.92 Å². The summed E-state index contributed by atoms with van der Waals surface area (Å²) in [4.78, 5) is 10.7. The third kappa shape index (κ3) is 4.56. The zero-order chi connectivity index (χ0) is 14.4. The van der Waals surface area contributed by atoms with Crippen molar-refractivity contribution in [2.24, 2.45) is 0 Å². The Labute approximate surface area is 124 Å². The molecule has 0 atom stereocenters. The van der Waals surface area contributed by atoms with Gasteiger partial charge >= 0.3 is 0 Å². The molecule has 106 valence electrons. The molecular weight excluding hydrogens is 274 g/mol. The van der Waals surface area contributed by atoms with Crippen LogP contribution < -0.4 is 0 Å². The first-order valence-corrected chi connectivity index (χ1v) is 6.92. The summed E-state index contributed by atoms with van der Waals surface area (Å²) in [6, 6.07) is 11.9. The zero-order valence-corrected chi connectivity index (χ0v) is 12.2. The van der Waals surface area contributed by atoms with Gasteiger partial charge in [0.1, 0.15) is 11.0 Å². The molecule has 0 bridgehead atoms. The topological polar surface area (TPSA) is 49.2 Å². The van der Waals surface area contributed by atoms with Crippen LogP contribution in [0.3, 0.4) is 0 Å². The quantitative estimate of drug-likeness (QED) is 0.831. The average Bonchev–Trinajstić information content (AvgIpc) is 2.39. The summed E-state index contributed by atoms with van der Waals surface area (Å²) < 4.78 is 0. The van der Waals surface area contributed by atoms with E-state index in [1.165, 1.54) is 5.56 Å². The van der Waals surface area contributed by atoms with Gasteiger partial charge in [-0.3, -0.25) is 4.90 Å². The van der Waals surface area contributed by atoms with Crippen molar-refractivity contribution >= 4 is 11.6 Å². The Hall–Kier alpha value is -1.49. The molecule has 1 N–H and O–H groups in total. The fourth-order valence-electron chi connectivity index (χ4n) is 2.06. The summed E-state index contributed by atoms with van der Waals surface area (Å²) in [7, 11) is 0. The van der Waals surface area contributed by atoms with Crippen LogP contribution in [0.4, 0.5) is 0 Å². The zero-order valence-electron chi connectivity index (χ0n) is 11.5. The van der Waals surface area contributed by atoms with E-state index in [9.17, 15) is 5.11 Å². The minimum Gasteiger partial charge on any atom is -0.395 e. The molecule has 0 unspecified atom stereocenters. The second-order valence-corrected chi connectivity index (χ2v) is 5.06. The predicted molar refractivity (Wildman–Crippen MR) is 79.4 cm³/mol. The minimum absolute atomic E-state index is 0.104. The fraction of sp³-hybridized carbons (Fsp3) is 0.333. The molecule has 1 aromatic carbocycles. The van der Waals surface area contributed by atoms with Gasteiger partial charge in [-0.05, 0) is 18.6 Å². The molecule has 0 saturated heterocycles. The fourth-order valence-corrected chi connectivity index (χ4v) is 2.31. The summed E-state index contributed by atoms with van der Waals surface area (Å²) in [5.74, 6) is 0.680. The average molecular weight is 292 g/mol. The molecule has 1 heterocycles. The number of benzene rings is 1. The number of halogens is 1. The van der Waals surface area contributed by atoms with E-state index in [0.29, 0.717) is 24.1 Å². The third-order valence-electron chi connectivity index (χ3n) is 2.90. The Balaban J connectivity index is 2.08. The highest BCUT2D eigenvalue weighted by molar-refractivity contribution is 6.29. The van der Waals surface area contributed by atoms with E-state index in [4.69, 9.17) is 11.6 Å². The Morgan fingerprint density at radius 3 is 2.55 bits per heavy atom. The van der Waals surface area contributed by atoms with Gasteiger partial charge in [0, 0.05) is 18.8 Å². The molecule has 0 aliphatic heterocycles. The lowest BCUT2D eigenvalue weighted by atomic mass is 10.2. The van der Waals surface area contributed by atoms with E-state index in [1.807, 2.05) is 25.1 Å². The Bertz CT molecular complexity index is 528. The van der Waals surface area contributed by atoms with Gasteiger partial charge < -0.3 is 5.11 Å². The predicted octanol–water partition coefficient (Wildman–Crippen LogP) is 2.43. The third-order valence-corrected chi connectivity index (χ3v) is 3.09. The summed E-state index contributed by atoms with van der Waals surface area (Å²) >= 11 is 5.95. The number of nitrogens with zero attached hydrogens (tertiary/aromatic N) is 3. The van der Waals surface area contributed by atoms with E-state index >= 15 is 0 Å². The van der Waals surface area contributed by atoms with E-state index < -0.39 is 0 Å². The molecular formula is C15H18ClN3O. The van der Waals surface area contributed by atoms with Gasteiger partial charge in [0.05, 0.1) is 13.2 Å². The molecule has 0 fully saturated rings. The number of hydrogen-bond acceptors (Lipinski definition) is 4. The highest BCUT2D eigenvalue weighted by Crippen LogP contribution is 2.10. The van der Waals surface area contributed by atoms with Crippen molar-refractivity contribution < 1.29 is 5.11 Å². The second-order valence-electron chi connectivity index (χ2n) is 4.67. The largest absolute Gasteiger partial charge is 0.395 e. The van der Waals surface area contributed by atoms with E-state index in [0.717, 1.165) is 12.2 Å². The number of hydrogen-bond donors (Lipinski definition) is 1. The van der Waals surface area contributed by atoms with Gasteiger partial charge in [-0.1, -0.05) is 41.9 Å². The highest BCUT2D eigenvalue weighted by atomic mass is 35.5. The summed E-state index contributed by atoms with van der Waals surface area (Å²) in [5, 5.41) is 9.65. The number of aromatic nitrogens is 2. The highest BCUT2D eigenvalue weighted by Gasteiger charge is 2.09. The summed E-state index contributed by atoms with van der Waals surface area (Å²) in [6.45, 7) is 3.88. The normalized spacial score (nSPS) is 11.0. The van der Waals surface area contributed by atoms with Crippen molar-refractivity contribution in [1.29, 1.82) is 0 Å². The summed E-state index contributed by atoms with van der Waals surface area (Å²) in [6.07, 6.45) is 0. The first-order valence-electron chi connectivity index (χ1n) is 6.54. The maximum absolute atomic E-state index is 9.19. The molecule has 0 saturated carbocycles. The first kappa shape index (κ1) is 14.9. The van der Waals surface area contributed by atoms with Crippen molar-refractivity contribution in [2.45, 2.75) is 20.0 Å². The lowest BCUT2D eigenvalue weighted by Crippen LogP contribution is -2.27. The maximum atomic E-state index is 9.19. The van der Waals surface area contributed by atoms with Crippen LogP contribution in [0.2, 0.25) is 5.15 Å². The Morgan fingerprint density at radius 2 is 1.90 bits per heavy atom. The Morgan fingerprint density at radius 1 is 1.15 bits per heavy atom. The molecule has 0 spiro atoms. The standard InChI is InChI=1S/C15H18ClN3O/c1-12-9-14(16)18-15(17-12)11-19(7-8-20)10-13-5-3-2-4-6-13/h2-6,9,20H,7-8,10-11H2,1H3. The van der Waals surface area contributed by atoms with Crippen molar-refractivity contribution in [3.8, 4) is 0 Å². The molecule has 0 aliphatic rings. The second kappa shape index (κ2) is 7.33. The van der Waals surface area contributed by atoms with Gasteiger partial charge in [-0.25, -0.2) is 9.97 Å². The van der Waals surface area contributed by atoms with Gasteiger partial charge in [0.15, 0.2) is 0 Å². The van der Waals surface area contributed by atoms with Crippen molar-refractivity contribution in [3.63, 3.8) is 0 Å². The molecule has 1 aromatic heterocycles. The van der Waals surface area contributed by atoms with Gasteiger partial charge in [-0.15, -0.1) is 0 Å². The lowest BCUT2D eigenvalue weighted by molar-refractivity contribution is 0.181. The van der Waals surface area contributed by atoms with Crippen LogP contribution in [0.25, 0.3) is 0 Å². The number of aliphatic hydroxyl groups excluding tert-OH is 1. The van der Waals surface area contributed by atoms with E-state index in [1.54, 1.807) is 6.07 Å². The van der Waals surface area contributed by atoms with Crippen molar-refractivity contribution in [2.75, 3.05) is 13.2 Å². The Kier molecular flexibility index (Phi) is 5.47. The monoisotopic (exact) mass is 291 g/mol. The molecule has 20 heavy (non-hydrogen) atoms. The van der Waals surface area contributed by atoms with Crippen LogP contribution in [0.5, 0.6) is 0 Å². The number of rotatable bonds is 6. The van der Waals surface area contributed by atoms with Crippen LogP contribution in [-0.2, 0) is 13.1 Å². The van der Waals surface area contributed by atoms with Crippen molar-refractivity contribution in [1.82, 2.24) is 14.9 Å². The minimum atomic E-state index is 0.104. The van der Waals surface area contributed by atoms with E-state index in [-0.39, 0.29) is 6.61 Å². The molecule has 0 aliphatic carbocycles. The van der Waals surface area contributed by atoms with Gasteiger partial charge in [-0.2, -0.15) is 0 Å². The van der Waals surface area contributed by atoms with Crippen molar-refractivity contribution in [3.05, 3.63) is 58.6 Å². The molecule has 2 rings (SSSR count).